The number of aryl methyl sites for hydroxylation is 1. The lowest BCUT2D eigenvalue weighted by Crippen LogP contribution is -2.45. The Morgan fingerprint density at radius 1 is 1.10 bits per heavy atom. The second kappa shape index (κ2) is 8.48. The van der Waals surface area contributed by atoms with Crippen LogP contribution in [0.2, 0.25) is 0 Å². The maximum Gasteiger partial charge on any atom is 0.274 e. The molecule has 1 aliphatic rings. The first-order chi connectivity index (χ1) is 15.1. The Hall–Kier alpha value is -2.64. The molecule has 2 aromatic heterocycles. The fourth-order valence-electron chi connectivity index (χ4n) is 4.19. The highest BCUT2D eigenvalue weighted by molar-refractivity contribution is 7.18. The highest BCUT2D eigenvalue weighted by Gasteiger charge is 2.31. The van der Waals surface area contributed by atoms with Gasteiger partial charge in [-0.2, -0.15) is 0 Å². The van der Waals surface area contributed by atoms with Crippen LogP contribution in [0.3, 0.4) is 0 Å². The molecule has 0 bridgehead atoms. The third-order valence-electron chi connectivity index (χ3n) is 5.68. The summed E-state index contributed by atoms with van der Waals surface area (Å²) in [6.45, 7) is 2.64. The zero-order valence-corrected chi connectivity index (χ0v) is 18.8. The second-order valence-electron chi connectivity index (χ2n) is 7.85. The number of amides is 1. The van der Waals surface area contributed by atoms with E-state index in [2.05, 4.69) is 11.1 Å². The van der Waals surface area contributed by atoms with E-state index in [0.29, 0.717) is 5.69 Å². The Morgan fingerprint density at radius 3 is 2.71 bits per heavy atom. The third kappa shape index (κ3) is 4.12. The lowest BCUT2D eigenvalue weighted by atomic mass is 9.98. The molecule has 1 amide bonds. The van der Waals surface area contributed by atoms with Gasteiger partial charge in [0.25, 0.3) is 5.91 Å². The van der Waals surface area contributed by atoms with E-state index in [1.165, 1.54) is 28.2 Å². The number of fused-ring (bicyclic) bond motifs is 1. The van der Waals surface area contributed by atoms with Gasteiger partial charge in [0.15, 0.2) is 0 Å². The molecular weight excluding hydrogens is 429 g/mol. The molecule has 1 atom stereocenters. The summed E-state index contributed by atoms with van der Waals surface area (Å²) >= 11 is 3.19. The van der Waals surface area contributed by atoms with Crippen LogP contribution in [0, 0.1) is 12.7 Å². The van der Waals surface area contributed by atoms with Crippen molar-refractivity contribution in [3.8, 4) is 10.4 Å². The van der Waals surface area contributed by atoms with E-state index in [4.69, 9.17) is 4.98 Å². The van der Waals surface area contributed by atoms with Gasteiger partial charge in [-0.05, 0) is 56.0 Å². The number of hydrogen-bond donors (Lipinski definition) is 0. The third-order valence-corrected chi connectivity index (χ3v) is 7.76. The van der Waals surface area contributed by atoms with Crippen molar-refractivity contribution >= 4 is 38.8 Å². The van der Waals surface area contributed by atoms with Crippen molar-refractivity contribution in [1.82, 2.24) is 14.9 Å². The SMILES string of the molecule is Cc1nc(C(=O)N2CCCCC2Cc2nc3ccccc3s2)c(-c2ccc(F)cc2)s1. The number of carbonyl (C=O) groups is 1. The number of nitrogens with zero attached hydrogens (tertiary/aromatic N) is 3. The van der Waals surface area contributed by atoms with E-state index < -0.39 is 0 Å². The standard InChI is InChI=1S/C24H22FN3OS2/c1-15-26-22(23(30-15)16-9-11-17(25)12-10-16)24(29)28-13-5-4-6-18(28)14-21-27-19-7-2-3-8-20(19)31-21/h2-3,7-12,18H,4-6,13-14H2,1H3. The maximum atomic E-state index is 13.6. The molecule has 7 heteroatoms. The lowest BCUT2D eigenvalue weighted by Gasteiger charge is -2.35. The van der Waals surface area contributed by atoms with E-state index in [1.54, 1.807) is 23.5 Å². The molecule has 158 valence electrons. The van der Waals surface area contributed by atoms with Crippen molar-refractivity contribution in [2.75, 3.05) is 6.54 Å². The Kier molecular flexibility index (Phi) is 5.54. The Balaban J connectivity index is 1.44. The predicted octanol–water partition coefficient (Wildman–Crippen LogP) is 6.10. The number of halogens is 1. The molecule has 0 N–H and O–H groups in total. The number of thiazole rings is 2. The molecule has 31 heavy (non-hydrogen) atoms. The lowest BCUT2D eigenvalue weighted by molar-refractivity contribution is 0.0609. The normalized spacial score (nSPS) is 16.7. The van der Waals surface area contributed by atoms with E-state index in [0.717, 1.165) is 58.2 Å². The highest BCUT2D eigenvalue weighted by atomic mass is 32.1. The smallest absolute Gasteiger partial charge is 0.274 e. The van der Waals surface area contributed by atoms with Crippen LogP contribution in [0.15, 0.2) is 48.5 Å². The van der Waals surface area contributed by atoms with Crippen molar-refractivity contribution in [2.45, 2.75) is 38.6 Å². The number of likely N-dealkylation sites (tertiary alicyclic amines) is 1. The fraction of sp³-hybridized carbons (Fsp3) is 0.292. The van der Waals surface area contributed by atoms with Crippen molar-refractivity contribution < 1.29 is 9.18 Å². The monoisotopic (exact) mass is 451 g/mol. The molecule has 0 aliphatic carbocycles. The number of hydrogen-bond acceptors (Lipinski definition) is 5. The molecule has 5 rings (SSSR count). The minimum absolute atomic E-state index is 0.0329. The first-order valence-corrected chi connectivity index (χ1v) is 12.1. The fourth-order valence-corrected chi connectivity index (χ4v) is 6.15. The second-order valence-corrected chi connectivity index (χ2v) is 10.2. The van der Waals surface area contributed by atoms with Crippen LogP contribution >= 0.6 is 22.7 Å². The minimum atomic E-state index is -0.287. The van der Waals surface area contributed by atoms with Crippen LogP contribution in [0.4, 0.5) is 4.39 Å². The first kappa shape index (κ1) is 20.3. The maximum absolute atomic E-state index is 13.6. The summed E-state index contributed by atoms with van der Waals surface area (Å²) < 4.78 is 14.6. The van der Waals surface area contributed by atoms with Gasteiger partial charge in [-0.25, -0.2) is 14.4 Å². The summed E-state index contributed by atoms with van der Waals surface area (Å²) in [6, 6.07) is 14.6. The number of carbonyl (C=O) groups excluding carboxylic acids is 1. The van der Waals surface area contributed by atoms with Gasteiger partial charge in [-0.3, -0.25) is 4.79 Å². The zero-order valence-electron chi connectivity index (χ0n) is 17.2. The molecule has 2 aromatic carbocycles. The van der Waals surface area contributed by atoms with E-state index in [-0.39, 0.29) is 17.8 Å². The first-order valence-electron chi connectivity index (χ1n) is 10.5. The number of rotatable bonds is 4. The predicted molar refractivity (Wildman–Crippen MR) is 124 cm³/mol. The molecule has 0 saturated carbocycles. The molecule has 1 fully saturated rings. The van der Waals surface area contributed by atoms with Crippen LogP contribution < -0.4 is 0 Å². The van der Waals surface area contributed by atoms with Gasteiger partial charge in [0.1, 0.15) is 11.5 Å². The number of piperidine rings is 1. The van der Waals surface area contributed by atoms with Crippen LogP contribution in [-0.2, 0) is 6.42 Å². The molecule has 4 nitrogen and oxygen atoms in total. The molecule has 0 radical (unpaired) electrons. The summed E-state index contributed by atoms with van der Waals surface area (Å²) in [6.07, 6.45) is 3.84. The van der Waals surface area contributed by atoms with Gasteiger partial charge in [-0.15, -0.1) is 22.7 Å². The minimum Gasteiger partial charge on any atom is -0.334 e. The summed E-state index contributed by atoms with van der Waals surface area (Å²) in [4.78, 5) is 25.8. The molecule has 1 aliphatic heterocycles. The Morgan fingerprint density at radius 2 is 1.90 bits per heavy atom. The van der Waals surface area contributed by atoms with Crippen LogP contribution in [0.1, 0.15) is 39.8 Å². The Labute approximate surface area is 188 Å². The average Bonchev–Trinajstić information content (AvgIpc) is 3.37. The van der Waals surface area contributed by atoms with Gasteiger partial charge < -0.3 is 4.90 Å². The van der Waals surface area contributed by atoms with Crippen LogP contribution in [-0.4, -0.2) is 33.4 Å². The molecule has 1 unspecified atom stereocenters. The molecule has 4 aromatic rings. The topological polar surface area (TPSA) is 46.1 Å². The molecule has 1 saturated heterocycles. The molecule has 0 spiro atoms. The summed E-state index contributed by atoms with van der Waals surface area (Å²) in [5.74, 6) is -0.320. The van der Waals surface area contributed by atoms with E-state index in [1.807, 2.05) is 30.0 Å². The Bertz CT molecular complexity index is 1200. The summed E-state index contributed by atoms with van der Waals surface area (Å²) in [5.41, 5.74) is 2.32. The van der Waals surface area contributed by atoms with Gasteiger partial charge in [0.05, 0.1) is 25.1 Å². The van der Waals surface area contributed by atoms with Crippen molar-refractivity contribution in [3.63, 3.8) is 0 Å². The van der Waals surface area contributed by atoms with Crippen molar-refractivity contribution in [2.24, 2.45) is 0 Å². The van der Waals surface area contributed by atoms with Gasteiger partial charge in [-0.1, -0.05) is 24.3 Å². The number of para-hydroxylation sites is 1. The number of benzene rings is 2. The van der Waals surface area contributed by atoms with E-state index >= 15 is 0 Å². The quantitative estimate of drug-likeness (QED) is 0.376. The van der Waals surface area contributed by atoms with Gasteiger partial charge >= 0.3 is 0 Å². The molecular formula is C24H22FN3OS2. The molecule has 3 heterocycles. The van der Waals surface area contributed by atoms with E-state index in [9.17, 15) is 9.18 Å². The summed E-state index contributed by atoms with van der Waals surface area (Å²) in [7, 11) is 0. The number of aromatic nitrogens is 2. The summed E-state index contributed by atoms with van der Waals surface area (Å²) in [5, 5.41) is 1.90. The van der Waals surface area contributed by atoms with Crippen molar-refractivity contribution in [3.05, 3.63) is 70.1 Å². The van der Waals surface area contributed by atoms with Crippen molar-refractivity contribution in [1.29, 1.82) is 0 Å². The van der Waals surface area contributed by atoms with Crippen LogP contribution in [0.5, 0.6) is 0 Å². The van der Waals surface area contributed by atoms with Gasteiger partial charge in [0, 0.05) is 19.0 Å². The zero-order chi connectivity index (χ0) is 21.4. The van der Waals surface area contributed by atoms with Crippen LogP contribution in [0.25, 0.3) is 20.7 Å². The average molecular weight is 452 g/mol. The largest absolute Gasteiger partial charge is 0.334 e. The highest BCUT2D eigenvalue weighted by Crippen LogP contribution is 2.33. The van der Waals surface area contributed by atoms with Gasteiger partial charge in [0.2, 0.25) is 0 Å².